The SMILES string of the molecule is Cn1cc(-c2cc(Cl)nc(NC3CCCCC3)c2)c2cccnc21. The molecule has 1 saturated carbocycles. The molecule has 0 spiro atoms. The van der Waals surface area contributed by atoms with Gasteiger partial charge in [-0.15, -0.1) is 0 Å². The average molecular weight is 341 g/mol. The standard InChI is InChI=1S/C19H21ClN4/c1-24-12-16(15-8-5-9-21-19(15)24)13-10-17(20)23-18(11-13)22-14-6-3-2-4-7-14/h5,8-12,14H,2-4,6-7H2,1H3,(H,22,23). The van der Waals surface area contributed by atoms with Gasteiger partial charge < -0.3 is 9.88 Å². The molecule has 1 aliphatic carbocycles. The second kappa shape index (κ2) is 6.44. The fourth-order valence-corrected chi connectivity index (χ4v) is 3.83. The molecule has 1 aliphatic rings. The van der Waals surface area contributed by atoms with E-state index in [1.54, 1.807) is 0 Å². The van der Waals surface area contributed by atoms with Gasteiger partial charge in [0.1, 0.15) is 16.6 Å². The summed E-state index contributed by atoms with van der Waals surface area (Å²) in [4.78, 5) is 8.94. The molecule has 1 fully saturated rings. The minimum atomic E-state index is 0.506. The first-order valence-corrected chi connectivity index (χ1v) is 8.93. The van der Waals surface area contributed by atoms with Gasteiger partial charge in [-0.1, -0.05) is 30.9 Å². The number of nitrogens with one attached hydrogen (secondary N) is 1. The van der Waals surface area contributed by atoms with Crippen LogP contribution in [0.25, 0.3) is 22.2 Å². The zero-order valence-corrected chi connectivity index (χ0v) is 14.6. The van der Waals surface area contributed by atoms with Crippen molar-refractivity contribution in [1.82, 2.24) is 14.5 Å². The van der Waals surface area contributed by atoms with Crippen molar-refractivity contribution in [3.05, 3.63) is 41.8 Å². The van der Waals surface area contributed by atoms with Crippen LogP contribution < -0.4 is 5.32 Å². The van der Waals surface area contributed by atoms with Crippen LogP contribution in [0.15, 0.2) is 36.7 Å². The van der Waals surface area contributed by atoms with Crippen molar-refractivity contribution in [2.24, 2.45) is 7.05 Å². The molecule has 5 heteroatoms. The maximum atomic E-state index is 6.30. The third-order valence-corrected chi connectivity index (χ3v) is 4.99. The van der Waals surface area contributed by atoms with Crippen LogP contribution in [-0.2, 0) is 7.05 Å². The van der Waals surface area contributed by atoms with Gasteiger partial charge in [0.05, 0.1) is 0 Å². The van der Waals surface area contributed by atoms with Gasteiger partial charge in [0.25, 0.3) is 0 Å². The molecule has 0 bridgehead atoms. The van der Waals surface area contributed by atoms with E-state index in [0.717, 1.165) is 28.0 Å². The number of fused-ring (bicyclic) bond motifs is 1. The highest BCUT2D eigenvalue weighted by Crippen LogP contribution is 2.32. The molecule has 0 aromatic carbocycles. The summed E-state index contributed by atoms with van der Waals surface area (Å²) in [6.07, 6.45) is 10.3. The van der Waals surface area contributed by atoms with Crippen LogP contribution in [0, 0.1) is 0 Å². The lowest BCUT2D eigenvalue weighted by Gasteiger charge is -2.23. The van der Waals surface area contributed by atoms with E-state index in [1.807, 2.05) is 29.9 Å². The Hall–Kier alpha value is -2.07. The summed E-state index contributed by atoms with van der Waals surface area (Å²) >= 11 is 6.30. The fourth-order valence-electron chi connectivity index (χ4n) is 3.63. The molecular weight excluding hydrogens is 320 g/mol. The zero-order chi connectivity index (χ0) is 16.5. The molecule has 0 atom stereocenters. The maximum Gasteiger partial charge on any atom is 0.140 e. The molecule has 24 heavy (non-hydrogen) atoms. The molecular formula is C19H21ClN4. The van der Waals surface area contributed by atoms with Gasteiger partial charge in [0.2, 0.25) is 0 Å². The molecule has 0 amide bonds. The Kier molecular flexibility index (Phi) is 4.15. The van der Waals surface area contributed by atoms with E-state index in [2.05, 4.69) is 33.6 Å². The van der Waals surface area contributed by atoms with E-state index >= 15 is 0 Å². The minimum Gasteiger partial charge on any atom is -0.367 e. The monoisotopic (exact) mass is 340 g/mol. The Bertz CT molecular complexity index is 865. The summed E-state index contributed by atoms with van der Waals surface area (Å²) in [6.45, 7) is 0. The number of aryl methyl sites for hydroxylation is 1. The van der Waals surface area contributed by atoms with Crippen molar-refractivity contribution in [2.75, 3.05) is 5.32 Å². The summed E-state index contributed by atoms with van der Waals surface area (Å²) < 4.78 is 2.05. The zero-order valence-electron chi connectivity index (χ0n) is 13.8. The van der Waals surface area contributed by atoms with Gasteiger partial charge >= 0.3 is 0 Å². The second-order valence-electron chi connectivity index (χ2n) is 6.57. The largest absolute Gasteiger partial charge is 0.367 e. The first-order valence-electron chi connectivity index (χ1n) is 8.55. The Morgan fingerprint density at radius 2 is 2.04 bits per heavy atom. The molecule has 0 aliphatic heterocycles. The predicted molar refractivity (Wildman–Crippen MR) is 99.5 cm³/mol. The predicted octanol–water partition coefficient (Wildman–Crippen LogP) is 5.03. The van der Waals surface area contributed by atoms with Crippen molar-refractivity contribution < 1.29 is 0 Å². The first kappa shape index (κ1) is 15.5. The normalized spacial score (nSPS) is 15.8. The topological polar surface area (TPSA) is 42.7 Å². The highest BCUT2D eigenvalue weighted by molar-refractivity contribution is 6.29. The number of pyridine rings is 2. The van der Waals surface area contributed by atoms with Crippen LogP contribution >= 0.6 is 11.6 Å². The van der Waals surface area contributed by atoms with E-state index in [1.165, 1.54) is 32.1 Å². The molecule has 3 aromatic rings. The van der Waals surface area contributed by atoms with Crippen LogP contribution in [-0.4, -0.2) is 20.6 Å². The lowest BCUT2D eigenvalue weighted by atomic mass is 9.95. The summed E-state index contributed by atoms with van der Waals surface area (Å²) in [7, 11) is 2.02. The number of aromatic nitrogens is 3. The van der Waals surface area contributed by atoms with Crippen LogP contribution in [0.5, 0.6) is 0 Å². The second-order valence-corrected chi connectivity index (χ2v) is 6.96. The number of rotatable bonds is 3. The third kappa shape index (κ3) is 2.98. The lowest BCUT2D eigenvalue weighted by Crippen LogP contribution is -2.22. The van der Waals surface area contributed by atoms with Crippen LogP contribution in [0.2, 0.25) is 5.15 Å². The Morgan fingerprint density at radius 3 is 2.88 bits per heavy atom. The number of hydrogen-bond donors (Lipinski definition) is 1. The molecule has 0 saturated heterocycles. The summed E-state index contributed by atoms with van der Waals surface area (Å²) in [5, 5.41) is 5.22. The molecule has 4 rings (SSSR count). The van der Waals surface area contributed by atoms with E-state index in [4.69, 9.17) is 11.6 Å². The summed E-state index contributed by atoms with van der Waals surface area (Å²) in [6, 6.07) is 8.60. The van der Waals surface area contributed by atoms with Gasteiger partial charge in [-0.3, -0.25) is 0 Å². The van der Waals surface area contributed by atoms with Crippen LogP contribution in [0.3, 0.4) is 0 Å². The van der Waals surface area contributed by atoms with Crippen molar-refractivity contribution in [2.45, 2.75) is 38.1 Å². The highest BCUT2D eigenvalue weighted by atomic mass is 35.5. The quantitative estimate of drug-likeness (QED) is 0.680. The van der Waals surface area contributed by atoms with Crippen molar-refractivity contribution in [3.8, 4) is 11.1 Å². The van der Waals surface area contributed by atoms with Crippen molar-refractivity contribution in [3.63, 3.8) is 0 Å². The van der Waals surface area contributed by atoms with E-state index in [9.17, 15) is 0 Å². The van der Waals surface area contributed by atoms with Crippen LogP contribution in [0.4, 0.5) is 5.82 Å². The fraction of sp³-hybridized carbons (Fsp3) is 0.368. The summed E-state index contributed by atoms with van der Waals surface area (Å²) in [5.41, 5.74) is 3.19. The Labute approximate surface area is 146 Å². The van der Waals surface area contributed by atoms with Gasteiger partial charge in [-0.05, 0) is 42.7 Å². The number of halogens is 1. The van der Waals surface area contributed by atoms with Gasteiger partial charge in [0, 0.05) is 36.4 Å². The molecule has 3 heterocycles. The molecule has 0 radical (unpaired) electrons. The van der Waals surface area contributed by atoms with Crippen molar-refractivity contribution >= 4 is 28.5 Å². The molecule has 124 valence electrons. The molecule has 3 aromatic heterocycles. The highest BCUT2D eigenvalue weighted by Gasteiger charge is 2.15. The van der Waals surface area contributed by atoms with Gasteiger partial charge in [-0.25, -0.2) is 9.97 Å². The first-order chi connectivity index (χ1) is 11.7. The minimum absolute atomic E-state index is 0.506. The van der Waals surface area contributed by atoms with Crippen LogP contribution in [0.1, 0.15) is 32.1 Å². The Morgan fingerprint density at radius 1 is 1.21 bits per heavy atom. The third-order valence-electron chi connectivity index (χ3n) is 4.80. The molecule has 0 unspecified atom stereocenters. The summed E-state index contributed by atoms with van der Waals surface area (Å²) in [5.74, 6) is 0.866. The van der Waals surface area contributed by atoms with E-state index < -0.39 is 0 Å². The number of nitrogens with zero attached hydrogens (tertiary/aromatic N) is 3. The van der Waals surface area contributed by atoms with Crippen molar-refractivity contribution in [1.29, 1.82) is 0 Å². The smallest absolute Gasteiger partial charge is 0.140 e. The maximum absolute atomic E-state index is 6.30. The number of hydrogen-bond acceptors (Lipinski definition) is 3. The van der Waals surface area contributed by atoms with E-state index in [-0.39, 0.29) is 0 Å². The average Bonchev–Trinajstić information content (AvgIpc) is 2.93. The Balaban J connectivity index is 1.72. The van der Waals surface area contributed by atoms with Gasteiger partial charge in [0.15, 0.2) is 0 Å². The van der Waals surface area contributed by atoms with Gasteiger partial charge in [-0.2, -0.15) is 0 Å². The molecule has 4 nitrogen and oxygen atoms in total. The molecule has 1 N–H and O–H groups in total. The lowest BCUT2D eigenvalue weighted by molar-refractivity contribution is 0.462. The number of anilines is 1. The van der Waals surface area contributed by atoms with E-state index in [0.29, 0.717) is 11.2 Å².